The molecule has 7 saturated heterocycles. The Labute approximate surface area is 374 Å². The van der Waals surface area contributed by atoms with Crippen LogP contribution in [0.1, 0.15) is 13.8 Å². The molecule has 0 saturated carbocycles. The first kappa shape index (κ1) is 52.7. The van der Waals surface area contributed by atoms with Crippen LogP contribution < -0.4 is 0 Å². The summed E-state index contributed by atoms with van der Waals surface area (Å²) in [5.74, 6) is 0. The van der Waals surface area contributed by atoms with E-state index in [1.807, 2.05) is 0 Å². The molecule has 29 heteroatoms. The highest BCUT2D eigenvalue weighted by atomic mass is 16.8. The molecule has 0 amide bonds. The second-order valence-corrected chi connectivity index (χ2v) is 17.3. The molecule has 7 rings (SSSR count). The summed E-state index contributed by atoms with van der Waals surface area (Å²) in [6, 6.07) is 0. The van der Waals surface area contributed by atoms with Crippen molar-refractivity contribution in [1.29, 1.82) is 0 Å². The maximum atomic E-state index is 11.3. The second kappa shape index (κ2) is 22.1. The molecule has 66 heavy (non-hydrogen) atoms. The van der Waals surface area contributed by atoms with Gasteiger partial charge in [0, 0.05) is 0 Å². The van der Waals surface area contributed by atoms with Crippen molar-refractivity contribution >= 4 is 0 Å². The van der Waals surface area contributed by atoms with Crippen molar-refractivity contribution in [1.82, 2.24) is 0 Å². The Morgan fingerprint density at radius 1 is 0.288 bits per heavy atom. The van der Waals surface area contributed by atoms with Crippen LogP contribution >= 0.6 is 0 Å². The molecular formula is C37H62O29. The highest BCUT2D eigenvalue weighted by molar-refractivity contribution is 4.97. The van der Waals surface area contributed by atoms with E-state index in [-0.39, 0.29) is 0 Å². The normalized spacial score (nSPS) is 55.4. The van der Waals surface area contributed by atoms with Gasteiger partial charge in [0.15, 0.2) is 44.0 Å². The van der Waals surface area contributed by atoms with E-state index >= 15 is 0 Å². The average molecular weight is 971 g/mol. The van der Waals surface area contributed by atoms with Gasteiger partial charge in [0.05, 0.1) is 45.2 Å². The summed E-state index contributed by atoms with van der Waals surface area (Å²) in [5, 5.41) is 170. The molecule has 384 valence electrons. The van der Waals surface area contributed by atoms with Crippen LogP contribution in [0.4, 0.5) is 0 Å². The van der Waals surface area contributed by atoms with Crippen LogP contribution in [0.5, 0.6) is 0 Å². The quantitative estimate of drug-likeness (QED) is 0.0863. The lowest BCUT2D eigenvalue weighted by molar-refractivity contribution is -0.384. The van der Waals surface area contributed by atoms with E-state index in [4.69, 9.17) is 61.6 Å². The maximum Gasteiger partial charge on any atom is 0.187 e. The molecule has 0 bridgehead atoms. The van der Waals surface area contributed by atoms with Gasteiger partial charge in [-0.1, -0.05) is 0 Å². The van der Waals surface area contributed by atoms with Crippen molar-refractivity contribution in [3.05, 3.63) is 0 Å². The van der Waals surface area contributed by atoms with Gasteiger partial charge in [-0.25, -0.2) is 0 Å². The predicted octanol–water partition coefficient (Wildman–Crippen LogP) is -11.0. The summed E-state index contributed by atoms with van der Waals surface area (Å²) in [4.78, 5) is 0. The number of aliphatic hydroxyl groups is 16. The van der Waals surface area contributed by atoms with Crippen LogP contribution in [0.25, 0.3) is 0 Å². The van der Waals surface area contributed by atoms with Crippen LogP contribution in [0, 0.1) is 0 Å². The van der Waals surface area contributed by atoms with Crippen molar-refractivity contribution in [3.8, 4) is 0 Å². The summed E-state index contributed by atoms with van der Waals surface area (Å²) < 4.78 is 71.8. The molecule has 7 heterocycles. The molecule has 0 aromatic carbocycles. The van der Waals surface area contributed by atoms with E-state index < -0.39 is 217 Å². The molecule has 1 unspecified atom stereocenters. The lowest BCUT2D eigenvalue weighted by atomic mass is 9.97. The Balaban J connectivity index is 0.924. The van der Waals surface area contributed by atoms with Crippen LogP contribution in [0.3, 0.4) is 0 Å². The first-order valence-corrected chi connectivity index (χ1v) is 21.4. The van der Waals surface area contributed by atoms with Crippen LogP contribution in [0.15, 0.2) is 0 Å². The SMILES string of the molecule is C[C@@H]1O[C@@H](O[C@H]2C(O)OC[C@@H](O)[C@@H]2O)[C@H](O)[C@H](O[C@@H]2OC[C@@H](O)[C@H](O[C@@H]3O[C@@H](C)[C@H](O[C@@H]4OC[C@@H](O)[C@H](O[C@@H]5OC[C@@H](O[C@@H]6OC[C@@H](O)[C@H](O)[C@H]6O)[C@H](O)[C@H]5O)[C@H]4O)[C@@H](O)[C@H]3O)[C@H]2O)[C@H]1O. The first-order chi connectivity index (χ1) is 31.2. The van der Waals surface area contributed by atoms with Crippen molar-refractivity contribution in [3.63, 3.8) is 0 Å². The summed E-state index contributed by atoms with van der Waals surface area (Å²) in [5.41, 5.74) is 0. The summed E-state index contributed by atoms with van der Waals surface area (Å²) in [6.07, 6.45) is -49.4. The maximum absolute atomic E-state index is 11.3. The second-order valence-electron chi connectivity index (χ2n) is 17.3. The fraction of sp³-hybridized carbons (Fsp3) is 1.00. The van der Waals surface area contributed by atoms with Gasteiger partial charge in [-0.15, -0.1) is 0 Å². The van der Waals surface area contributed by atoms with Gasteiger partial charge >= 0.3 is 0 Å². The average Bonchev–Trinajstić information content (AvgIpc) is 3.28. The van der Waals surface area contributed by atoms with Crippen molar-refractivity contribution in [2.75, 3.05) is 33.0 Å². The van der Waals surface area contributed by atoms with E-state index in [1.54, 1.807) is 0 Å². The molecule has 7 aliphatic rings. The minimum absolute atomic E-state index is 0.397. The van der Waals surface area contributed by atoms with Gasteiger partial charge in [0.25, 0.3) is 0 Å². The van der Waals surface area contributed by atoms with Gasteiger partial charge in [-0.3, -0.25) is 0 Å². The minimum atomic E-state index is -1.98. The highest BCUT2D eigenvalue weighted by Crippen LogP contribution is 2.35. The van der Waals surface area contributed by atoms with Gasteiger partial charge in [-0.05, 0) is 13.8 Å². The van der Waals surface area contributed by atoms with Crippen molar-refractivity contribution < 1.29 is 143 Å². The van der Waals surface area contributed by atoms with Gasteiger partial charge < -0.3 is 143 Å². The molecule has 0 radical (unpaired) electrons. The Hall–Kier alpha value is -1.16. The van der Waals surface area contributed by atoms with Gasteiger partial charge in [0.1, 0.15) is 128 Å². The molecule has 7 fully saturated rings. The molecule has 29 nitrogen and oxygen atoms in total. The zero-order valence-electron chi connectivity index (χ0n) is 35.3. The third-order valence-electron chi connectivity index (χ3n) is 12.5. The predicted molar refractivity (Wildman–Crippen MR) is 199 cm³/mol. The third-order valence-corrected chi connectivity index (χ3v) is 12.5. The number of aliphatic hydroxyl groups excluding tert-OH is 16. The number of ether oxygens (including phenoxy) is 13. The van der Waals surface area contributed by atoms with Crippen LogP contribution in [-0.4, -0.2) is 299 Å². The molecule has 16 N–H and O–H groups in total. The lowest BCUT2D eigenvalue weighted by Gasteiger charge is -2.48. The Morgan fingerprint density at radius 2 is 0.682 bits per heavy atom. The molecule has 7 aliphatic heterocycles. The molecule has 30 atom stereocenters. The Bertz CT molecular complexity index is 1520. The summed E-state index contributed by atoms with van der Waals surface area (Å²) in [7, 11) is 0. The fourth-order valence-electron chi connectivity index (χ4n) is 8.48. The topological polar surface area (TPSA) is 444 Å². The molecule has 0 spiro atoms. The number of rotatable bonds is 12. The standard InChI is InChI=1S/C37H62O29/c1-8-15(42)29(25(52)37(59-8)66-30-17(44)11(39)3-54-31(30)53)65-35-24(51)28(13(41)6-57-35)64-36-22(49)19(46)26(9(2)60-36)62-34-23(50)27(12(40)5-56-34)63-33-21(48)18(45)14(7-58-33)61-32-20(47)16(43)10(38)4-55-32/h8-53H,3-7H2,1-2H3/t8-,9-,10+,11+,12+,13+,14+,15-,16-,17-,18-,19-,20+,21+,22+,23+,24+,25+,26-,27-,28-,29+,30+,31?,32-,33-,34-,35-,36-,37-/m0/s1. The van der Waals surface area contributed by atoms with E-state index in [2.05, 4.69) is 0 Å². The number of hydrogen-bond donors (Lipinski definition) is 16. The molecule has 0 aliphatic carbocycles. The van der Waals surface area contributed by atoms with E-state index in [0.29, 0.717) is 0 Å². The minimum Gasteiger partial charge on any atom is -0.388 e. The molecular weight excluding hydrogens is 908 g/mol. The van der Waals surface area contributed by atoms with Crippen molar-refractivity contribution in [2.45, 2.75) is 198 Å². The van der Waals surface area contributed by atoms with Gasteiger partial charge in [0.2, 0.25) is 0 Å². The summed E-state index contributed by atoms with van der Waals surface area (Å²) in [6.45, 7) is 0.345. The zero-order valence-corrected chi connectivity index (χ0v) is 35.3. The van der Waals surface area contributed by atoms with E-state index in [0.717, 1.165) is 0 Å². The Morgan fingerprint density at radius 3 is 1.30 bits per heavy atom. The highest BCUT2D eigenvalue weighted by Gasteiger charge is 2.55. The van der Waals surface area contributed by atoms with Gasteiger partial charge in [-0.2, -0.15) is 0 Å². The van der Waals surface area contributed by atoms with Crippen LogP contribution in [-0.2, 0) is 61.6 Å². The molecule has 0 aromatic heterocycles. The lowest BCUT2D eigenvalue weighted by Crippen LogP contribution is -2.66. The fourth-order valence-corrected chi connectivity index (χ4v) is 8.48. The summed E-state index contributed by atoms with van der Waals surface area (Å²) >= 11 is 0. The van der Waals surface area contributed by atoms with E-state index in [1.165, 1.54) is 13.8 Å². The zero-order chi connectivity index (χ0) is 48.0. The number of hydrogen-bond acceptors (Lipinski definition) is 29. The van der Waals surface area contributed by atoms with Crippen molar-refractivity contribution in [2.24, 2.45) is 0 Å². The third kappa shape index (κ3) is 11.0. The smallest absolute Gasteiger partial charge is 0.187 e. The van der Waals surface area contributed by atoms with Crippen LogP contribution in [0.2, 0.25) is 0 Å². The largest absolute Gasteiger partial charge is 0.388 e. The molecule has 0 aromatic rings. The first-order valence-electron chi connectivity index (χ1n) is 21.4. The monoisotopic (exact) mass is 970 g/mol. The Kier molecular flexibility index (Phi) is 17.6. The van der Waals surface area contributed by atoms with E-state index in [9.17, 15) is 81.7 Å².